The summed E-state index contributed by atoms with van der Waals surface area (Å²) in [6, 6.07) is 16.4. The lowest BCUT2D eigenvalue weighted by molar-refractivity contribution is 0.357. The lowest BCUT2D eigenvalue weighted by Crippen LogP contribution is -2.11. The number of ether oxygens (including phenoxy) is 1. The minimum atomic E-state index is -0.0536. The number of nitrogens with two attached hydrogens (primary N) is 1. The Morgan fingerprint density at radius 2 is 1.82 bits per heavy atom. The molecule has 0 saturated heterocycles. The Bertz CT molecular complexity index is 522. The second-order valence-electron chi connectivity index (χ2n) is 4.35. The Balaban J connectivity index is 1.94. The van der Waals surface area contributed by atoms with Crippen LogP contribution in [0, 0.1) is 0 Å². The summed E-state index contributed by atoms with van der Waals surface area (Å²) in [6.45, 7) is 0.791. The summed E-state index contributed by atoms with van der Waals surface area (Å²) in [7, 11) is 0. The normalized spacial score (nSPS) is 15.1. The highest BCUT2D eigenvalue weighted by molar-refractivity contribution is 5.43. The van der Waals surface area contributed by atoms with E-state index < -0.39 is 0 Å². The van der Waals surface area contributed by atoms with Crippen LogP contribution in [0.25, 0.3) is 0 Å². The first-order valence-electron chi connectivity index (χ1n) is 5.91. The summed E-state index contributed by atoms with van der Waals surface area (Å²) in [6.07, 6.45) is 0.991. The van der Waals surface area contributed by atoms with Crippen molar-refractivity contribution in [2.75, 3.05) is 6.61 Å². The van der Waals surface area contributed by atoms with Gasteiger partial charge in [0.25, 0.3) is 0 Å². The zero-order chi connectivity index (χ0) is 11.7. The second kappa shape index (κ2) is 4.22. The number of hydrogen-bond acceptors (Lipinski definition) is 2. The predicted molar refractivity (Wildman–Crippen MR) is 68.1 cm³/mol. The number of benzene rings is 2. The minimum Gasteiger partial charge on any atom is -0.493 e. The molecule has 0 spiro atoms. The van der Waals surface area contributed by atoms with E-state index in [4.69, 9.17) is 10.5 Å². The Kier molecular flexibility index (Phi) is 2.57. The van der Waals surface area contributed by atoms with E-state index in [1.807, 2.05) is 24.3 Å². The molecule has 2 aromatic rings. The Hall–Kier alpha value is -1.80. The lowest BCUT2D eigenvalue weighted by atomic mass is 9.97. The monoisotopic (exact) mass is 225 g/mol. The molecule has 0 aromatic heterocycles. The molecule has 2 N–H and O–H groups in total. The van der Waals surface area contributed by atoms with Crippen LogP contribution in [-0.4, -0.2) is 6.61 Å². The first-order valence-corrected chi connectivity index (χ1v) is 5.91. The van der Waals surface area contributed by atoms with Gasteiger partial charge >= 0.3 is 0 Å². The van der Waals surface area contributed by atoms with Gasteiger partial charge in [0.15, 0.2) is 0 Å². The molecule has 0 saturated carbocycles. The van der Waals surface area contributed by atoms with E-state index in [1.165, 1.54) is 5.56 Å². The number of fused-ring (bicyclic) bond motifs is 1. The quantitative estimate of drug-likeness (QED) is 0.852. The van der Waals surface area contributed by atoms with E-state index in [2.05, 4.69) is 24.3 Å². The molecular weight excluding hydrogens is 210 g/mol. The van der Waals surface area contributed by atoms with Crippen molar-refractivity contribution in [1.82, 2.24) is 0 Å². The van der Waals surface area contributed by atoms with Gasteiger partial charge in [0, 0.05) is 6.42 Å². The average molecular weight is 225 g/mol. The summed E-state index contributed by atoms with van der Waals surface area (Å²) >= 11 is 0. The van der Waals surface area contributed by atoms with Crippen molar-refractivity contribution in [1.29, 1.82) is 0 Å². The van der Waals surface area contributed by atoms with Gasteiger partial charge in [-0.15, -0.1) is 0 Å². The fraction of sp³-hybridized carbons (Fsp3) is 0.200. The molecule has 1 heterocycles. The van der Waals surface area contributed by atoms with E-state index in [-0.39, 0.29) is 6.04 Å². The average Bonchev–Trinajstić information content (AvgIpc) is 2.86. The van der Waals surface area contributed by atoms with Gasteiger partial charge < -0.3 is 10.5 Å². The van der Waals surface area contributed by atoms with Crippen LogP contribution >= 0.6 is 0 Å². The Morgan fingerprint density at radius 1 is 1.00 bits per heavy atom. The third kappa shape index (κ3) is 1.92. The molecule has 0 bridgehead atoms. The van der Waals surface area contributed by atoms with Crippen molar-refractivity contribution in [3.05, 3.63) is 65.2 Å². The maximum atomic E-state index is 6.27. The first-order chi connectivity index (χ1) is 8.34. The van der Waals surface area contributed by atoms with Crippen LogP contribution in [0.2, 0.25) is 0 Å². The fourth-order valence-corrected chi connectivity index (χ4v) is 2.25. The predicted octanol–water partition coefficient (Wildman–Crippen LogP) is 2.67. The van der Waals surface area contributed by atoms with E-state index >= 15 is 0 Å². The molecule has 17 heavy (non-hydrogen) atoms. The molecule has 1 aliphatic heterocycles. The summed E-state index contributed by atoms with van der Waals surface area (Å²) in [5, 5.41) is 0. The van der Waals surface area contributed by atoms with Crippen LogP contribution < -0.4 is 10.5 Å². The largest absolute Gasteiger partial charge is 0.493 e. The van der Waals surface area contributed by atoms with Gasteiger partial charge in [0.2, 0.25) is 0 Å². The Morgan fingerprint density at radius 3 is 2.65 bits per heavy atom. The van der Waals surface area contributed by atoms with Crippen molar-refractivity contribution in [2.45, 2.75) is 12.5 Å². The zero-order valence-corrected chi connectivity index (χ0v) is 9.60. The Labute approximate surface area is 101 Å². The van der Waals surface area contributed by atoms with Crippen LogP contribution in [-0.2, 0) is 6.42 Å². The standard InChI is InChI=1S/C15H15NO/c16-15(11-4-2-1-3-5-11)13-6-7-14-12(10-13)8-9-17-14/h1-7,10,15H,8-9,16H2. The van der Waals surface area contributed by atoms with Gasteiger partial charge in [0.1, 0.15) is 5.75 Å². The molecule has 3 rings (SSSR count). The number of hydrogen-bond donors (Lipinski definition) is 1. The van der Waals surface area contributed by atoms with E-state index in [9.17, 15) is 0 Å². The van der Waals surface area contributed by atoms with Crippen molar-refractivity contribution in [3.8, 4) is 5.75 Å². The molecule has 0 fully saturated rings. The fourth-order valence-electron chi connectivity index (χ4n) is 2.25. The smallest absolute Gasteiger partial charge is 0.122 e. The maximum absolute atomic E-state index is 6.27. The van der Waals surface area contributed by atoms with E-state index in [0.717, 1.165) is 29.9 Å². The molecule has 0 aliphatic carbocycles. The molecule has 1 atom stereocenters. The van der Waals surface area contributed by atoms with Crippen LogP contribution in [0.4, 0.5) is 0 Å². The highest BCUT2D eigenvalue weighted by Gasteiger charge is 2.15. The molecule has 0 radical (unpaired) electrons. The molecular formula is C15H15NO. The van der Waals surface area contributed by atoms with E-state index in [1.54, 1.807) is 0 Å². The van der Waals surface area contributed by atoms with Gasteiger partial charge in [-0.3, -0.25) is 0 Å². The summed E-state index contributed by atoms with van der Waals surface area (Å²) in [5.41, 5.74) is 9.84. The van der Waals surface area contributed by atoms with Gasteiger partial charge in [-0.25, -0.2) is 0 Å². The second-order valence-corrected chi connectivity index (χ2v) is 4.35. The maximum Gasteiger partial charge on any atom is 0.122 e. The van der Waals surface area contributed by atoms with Crippen molar-refractivity contribution < 1.29 is 4.74 Å². The van der Waals surface area contributed by atoms with Crippen LogP contribution in [0.3, 0.4) is 0 Å². The minimum absolute atomic E-state index is 0.0536. The molecule has 1 aliphatic rings. The summed E-state index contributed by atoms with van der Waals surface area (Å²) in [5.74, 6) is 1.01. The number of rotatable bonds is 2. The SMILES string of the molecule is NC(c1ccccc1)c1ccc2c(c1)CCO2. The van der Waals surface area contributed by atoms with Crippen LogP contribution in [0.1, 0.15) is 22.7 Å². The van der Waals surface area contributed by atoms with Gasteiger partial charge in [0.05, 0.1) is 12.6 Å². The van der Waals surface area contributed by atoms with E-state index in [0.29, 0.717) is 0 Å². The van der Waals surface area contributed by atoms with Crippen molar-refractivity contribution in [2.24, 2.45) is 5.73 Å². The lowest BCUT2D eigenvalue weighted by Gasteiger charge is -2.13. The van der Waals surface area contributed by atoms with Gasteiger partial charge in [-0.05, 0) is 22.8 Å². The zero-order valence-electron chi connectivity index (χ0n) is 9.60. The molecule has 2 nitrogen and oxygen atoms in total. The first kappa shape index (κ1) is 10.4. The highest BCUT2D eigenvalue weighted by atomic mass is 16.5. The third-order valence-corrected chi connectivity index (χ3v) is 3.23. The summed E-state index contributed by atoms with van der Waals surface area (Å²) in [4.78, 5) is 0. The van der Waals surface area contributed by atoms with Crippen molar-refractivity contribution in [3.63, 3.8) is 0 Å². The van der Waals surface area contributed by atoms with Gasteiger partial charge in [-0.1, -0.05) is 42.5 Å². The van der Waals surface area contributed by atoms with Gasteiger partial charge in [-0.2, -0.15) is 0 Å². The molecule has 86 valence electrons. The van der Waals surface area contributed by atoms with Crippen molar-refractivity contribution >= 4 is 0 Å². The molecule has 2 aromatic carbocycles. The van der Waals surface area contributed by atoms with Crippen LogP contribution in [0.15, 0.2) is 48.5 Å². The molecule has 1 unspecified atom stereocenters. The summed E-state index contributed by atoms with van der Waals surface area (Å²) < 4.78 is 5.50. The van der Waals surface area contributed by atoms with Crippen LogP contribution in [0.5, 0.6) is 5.75 Å². The molecule has 0 amide bonds. The topological polar surface area (TPSA) is 35.2 Å². The third-order valence-electron chi connectivity index (χ3n) is 3.23. The molecule has 2 heteroatoms. The highest BCUT2D eigenvalue weighted by Crippen LogP contribution is 2.29.